The van der Waals surface area contributed by atoms with Crippen LogP contribution >= 0.6 is 0 Å². The molecule has 0 saturated heterocycles. The molecular formula is C14H22N2O. The molecule has 17 heavy (non-hydrogen) atoms. The zero-order valence-corrected chi connectivity index (χ0v) is 10.5. The zero-order chi connectivity index (χ0) is 12.1. The van der Waals surface area contributed by atoms with E-state index >= 15 is 0 Å². The number of para-hydroxylation sites is 1. The third-order valence-electron chi connectivity index (χ3n) is 3.57. The lowest BCUT2D eigenvalue weighted by Gasteiger charge is -2.29. The van der Waals surface area contributed by atoms with E-state index < -0.39 is 0 Å². The highest BCUT2D eigenvalue weighted by atomic mass is 16.5. The van der Waals surface area contributed by atoms with Crippen LogP contribution in [0.25, 0.3) is 0 Å². The van der Waals surface area contributed by atoms with Gasteiger partial charge in [-0.3, -0.25) is 0 Å². The Morgan fingerprint density at radius 2 is 2.06 bits per heavy atom. The Bertz CT molecular complexity index is 354. The van der Waals surface area contributed by atoms with Crippen LogP contribution in [-0.2, 0) is 6.54 Å². The van der Waals surface area contributed by atoms with Crippen molar-refractivity contribution in [2.75, 3.05) is 7.11 Å². The maximum Gasteiger partial charge on any atom is 0.123 e. The quantitative estimate of drug-likeness (QED) is 0.838. The Kier molecular flexibility index (Phi) is 4.40. The molecular weight excluding hydrogens is 212 g/mol. The molecule has 2 rings (SSSR count). The summed E-state index contributed by atoms with van der Waals surface area (Å²) in [5.41, 5.74) is 7.32. The minimum Gasteiger partial charge on any atom is -0.496 e. The Morgan fingerprint density at radius 1 is 1.29 bits per heavy atom. The molecule has 2 atom stereocenters. The van der Waals surface area contributed by atoms with E-state index in [1.807, 2.05) is 18.2 Å². The van der Waals surface area contributed by atoms with Crippen LogP contribution < -0.4 is 15.8 Å². The van der Waals surface area contributed by atoms with Crippen LogP contribution in [0, 0.1) is 0 Å². The minimum absolute atomic E-state index is 0.304. The van der Waals surface area contributed by atoms with Gasteiger partial charge in [0.05, 0.1) is 7.11 Å². The molecule has 3 N–H and O–H groups in total. The summed E-state index contributed by atoms with van der Waals surface area (Å²) in [6.07, 6.45) is 4.89. The van der Waals surface area contributed by atoms with E-state index in [0.717, 1.165) is 18.7 Å². The van der Waals surface area contributed by atoms with Crippen LogP contribution in [0.2, 0.25) is 0 Å². The Balaban J connectivity index is 1.92. The van der Waals surface area contributed by atoms with Crippen LogP contribution in [0.15, 0.2) is 24.3 Å². The predicted molar refractivity (Wildman–Crippen MR) is 70.1 cm³/mol. The van der Waals surface area contributed by atoms with Crippen LogP contribution in [0.1, 0.15) is 31.2 Å². The van der Waals surface area contributed by atoms with Gasteiger partial charge < -0.3 is 15.8 Å². The number of hydrogen-bond acceptors (Lipinski definition) is 3. The molecule has 0 spiro atoms. The summed E-state index contributed by atoms with van der Waals surface area (Å²) in [5, 5.41) is 3.56. The lowest BCUT2D eigenvalue weighted by atomic mass is 9.91. The van der Waals surface area contributed by atoms with E-state index in [1.165, 1.54) is 24.8 Å². The average Bonchev–Trinajstić information content (AvgIpc) is 2.38. The van der Waals surface area contributed by atoms with Gasteiger partial charge in [-0.1, -0.05) is 31.0 Å². The summed E-state index contributed by atoms with van der Waals surface area (Å²) in [5.74, 6) is 0.949. The van der Waals surface area contributed by atoms with Gasteiger partial charge in [-0.25, -0.2) is 0 Å². The highest BCUT2D eigenvalue weighted by molar-refractivity contribution is 5.33. The molecule has 0 radical (unpaired) electrons. The van der Waals surface area contributed by atoms with Crippen molar-refractivity contribution < 1.29 is 4.74 Å². The van der Waals surface area contributed by atoms with Crippen molar-refractivity contribution in [3.63, 3.8) is 0 Å². The van der Waals surface area contributed by atoms with Crippen molar-refractivity contribution in [3.05, 3.63) is 29.8 Å². The largest absolute Gasteiger partial charge is 0.496 e. The summed E-state index contributed by atoms with van der Waals surface area (Å²) in [6.45, 7) is 0.836. The average molecular weight is 234 g/mol. The molecule has 1 aromatic carbocycles. The molecule has 1 aliphatic rings. The molecule has 1 saturated carbocycles. The van der Waals surface area contributed by atoms with Crippen molar-refractivity contribution in [1.82, 2.24) is 5.32 Å². The first-order valence-electron chi connectivity index (χ1n) is 6.42. The van der Waals surface area contributed by atoms with Gasteiger partial charge in [-0.15, -0.1) is 0 Å². The van der Waals surface area contributed by atoms with Crippen molar-refractivity contribution in [2.45, 2.75) is 44.3 Å². The fourth-order valence-corrected chi connectivity index (χ4v) is 2.50. The van der Waals surface area contributed by atoms with E-state index in [0.29, 0.717) is 12.1 Å². The molecule has 1 aliphatic carbocycles. The third kappa shape index (κ3) is 3.20. The fourth-order valence-electron chi connectivity index (χ4n) is 2.50. The van der Waals surface area contributed by atoms with Crippen LogP contribution in [0.5, 0.6) is 5.75 Å². The SMILES string of the molecule is COc1ccccc1CN[C@@H]1CCCCC1N. The molecule has 1 aromatic rings. The predicted octanol–water partition coefficient (Wildman–Crippen LogP) is 2.05. The lowest BCUT2D eigenvalue weighted by Crippen LogP contribution is -2.46. The third-order valence-corrected chi connectivity index (χ3v) is 3.57. The van der Waals surface area contributed by atoms with E-state index in [-0.39, 0.29) is 0 Å². The Morgan fingerprint density at radius 3 is 2.82 bits per heavy atom. The number of nitrogens with one attached hydrogen (secondary N) is 1. The van der Waals surface area contributed by atoms with Crippen LogP contribution in [-0.4, -0.2) is 19.2 Å². The molecule has 0 aliphatic heterocycles. The standard InChI is InChI=1S/C14H22N2O/c1-17-14-9-5-2-6-11(14)10-16-13-8-4-3-7-12(13)15/h2,5-6,9,12-13,16H,3-4,7-8,10,15H2,1H3/t12?,13-/m1/s1. The smallest absolute Gasteiger partial charge is 0.123 e. The van der Waals surface area contributed by atoms with Gasteiger partial charge >= 0.3 is 0 Å². The summed E-state index contributed by atoms with van der Waals surface area (Å²) < 4.78 is 5.34. The van der Waals surface area contributed by atoms with Gasteiger partial charge in [0.1, 0.15) is 5.75 Å². The van der Waals surface area contributed by atoms with Gasteiger partial charge in [-0.05, 0) is 18.9 Å². The van der Waals surface area contributed by atoms with Crippen LogP contribution in [0.4, 0.5) is 0 Å². The summed E-state index contributed by atoms with van der Waals surface area (Å²) in [7, 11) is 1.71. The van der Waals surface area contributed by atoms with E-state index in [2.05, 4.69) is 11.4 Å². The number of ether oxygens (including phenoxy) is 1. The maximum atomic E-state index is 6.12. The number of hydrogen-bond donors (Lipinski definition) is 2. The molecule has 94 valence electrons. The van der Waals surface area contributed by atoms with E-state index in [1.54, 1.807) is 7.11 Å². The van der Waals surface area contributed by atoms with Gasteiger partial charge in [0.2, 0.25) is 0 Å². The Labute approximate surface area is 103 Å². The minimum atomic E-state index is 0.304. The molecule has 0 heterocycles. The fraction of sp³-hybridized carbons (Fsp3) is 0.571. The van der Waals surface area contributed by atoms with Crippen molar-refractivity contribution in [3.8, 4) is 5.75 Å². The number of nitrogens with two attached hydrogens (primary N) is 1. The first kappa shape index (κ1) is 12.4. The second-order valence-electron chi connectivity index (χ2n) is 4.75. The normalized spacial score (nSPS) is 24.6. The van der Waals surface area contributed by atoms with E-state index in [4.69, 9.17) is 10.5 Å². The number of rotatable bonds is 4. The van der Waals surface area contributed by atoms with Crippen molar-refractivity contribution in [2.24, 2.45) is 5.73 Å². The van der Waals surface area contributed by atoms with Gasteiger partial charge in [0, 0.05) is 24.2 Å². The second kappa shape index (κ2) is 6.03. The zero-order valence-electron chi connectivity index (χ0n) is 10.5. The second-order valence-corrected chi connectivity index (χ2v) is 4.75. The lowest BCUT2D eigenvalue weighted by molar-refractivity contribution is 0.324. The van der Waals surface area contributed by atoms with Crippen molar-refractivity contribution >= 4 is 0 Å². The monoisotopic (exact) mass is 234 g/mol. The first-order chi connectivity index (χ1) is 8.31. The maximum absolute atomic E-state index is 6.12. The molecule has 0 amide bonds. The molecule has 1 fully saturated rings. The van der Waals surface area contributed by atoms with E-state index in [9.17, 15) is 0 Å². The van der Waals surface area contributed by atoms with Gasteiger partial charge in [0.15, 0.2) is 0 Å². The summed E-state index contributed by atoms with van der Waals surface area (Å²) in [4.78, 5) is 0. The molecule has 1 unspecified atom stereocenters. The molecule has 3 nitrogen and oxygen atoms in total. The van der Waals surface area contributed by atoms with Crippen molar-refractivity contribution in [1.29, 1.82) is 0 Å². The van der Waals surface area contributed by atoms with Crippen LogP contribution in [0.3, 0.4) is 0 Å². The molecule has 0 bridgehead atoms. The molecule has 3 heteroatoms. The Hall–Kier alpha value is -1.06. The molecule has 0 aromatic heterocycles. The highest BCUT2D eigenvalue weighted by Gasteiger charge is 2.21. The summed E-state index contributed by atoms with van der Waals surface area (Å²) in [6, 6.07) is 8.89. The number of methoxy groups -OCH3 is 1. The summed E-state index contributed by atoms with van der Waals surface area (Å²) >= 11 is 0. The topological polar surface area (TPSA) is 47.3 Å². The van der Waals surface area contributed by atoms with Gasteiger partial charge in [0.25, 0.3) is 0 Å². The highest BCUT2D eigenvalue weighted by Crippen LogP contribution is 2.20. The van der Waals surface area contributed by atoms with Gasteiger partial charge in [-0.2, -0.15) is 0 Å². The number of benzene rings is 1. The first-order valence-corrected chi connectivity index (χ1v) is 6.42.